The van der Waals surface area contributed by atoms with Crippen LogP contribution in [0, 0.1) is 12.8 Å². The molecule has 0 radical (unpaired) electrons. The minimum Gasteiger partial charge on any atom is -0.452 e. The first-order valence-electron chi connectivity index (χ1n) is 8.26. The highest BCUT2D eigenvalue weighted by molar-refractivity contribution is 5.99. The van der Waals surface area contributed by atoms with Gasteiger partial charge in [0.05, 0.1) is 12.5 Å². The van der Waals surface area contributed by atoms with E-state index in [1.165, 1.54) is 14.0 Å². The Morgan fingerprint density at radius 3 is 2.64 bits per heavy atom. The summed E-state index contributed by atoms with van der Waals surface area (Å²) in [7, 11) is 1.53. The van der Waals surface area contributed by atoms with Gasteiger partial charge in [0.15, 0.2) is 6.10 Å². The van der Waals surface area contributed by atoms with E-state index in [0.29, 0.717) is 13.2 Å². The minimum atomic E-state index is -0.909. The van der Waals surface area contributed by atoms with Gasteiger partial charge in [-0.2, -0.15) is 0 Å². The molecule has 2 amide bonds. The third-order valence-corrected chi connectivity index (χ3v) is 4.07. The third-order valence-electron chi connectivity index (χ3n) is 4.07. The maximum Gasteiger partial charge on any atom is 0.312 e. The van der Waals surface area contributed by atoms with Crippen LogP contribution in [0.1, 0.15) is 18.9 Å². The molecular weight excluding hydrogens is 324 g/mol. The number of rotatable bonds is 7. The molecule has 7 heteroatoms. The van der Waals surface area contributed by atoms with E-state index in [4.69, 9.17) is 9.47 Å². The van der Waals surface area contributed by atoms with Crippen molar-refractivity contribution in [1.29, 1.82) is 0 Å². The third kappa shape index (κ3) is 5.03. The summed E-state index contributed by atoms with van der Waals surface area (Å²) >= 11 is 0. The first-order valence-corrected chi connectivity index (χ1v) is 8.26. The number of amides is 2. The Balaban J connectivity index is 1.89. The maximum atomic E-state index is 12.3. The summed E-state index contributed by atoms with van der Waals surface area (Å²) in [5.41, 5.74) is 1.86. The van der Waals surface area contributed by atoms with Crippen molar-refractivity contribution in [3.05, 3.63) is 29.8 Å². The molecule has 1 aliphatic rings. The average molecular weight is 348 g/mol. The van der Waals surface area contributed by atoms with E-state index in [1.807, 2.05) is 31.2 Å². The zero-order valence-electron chi connectivity index (χ0n) is 14.8. The number of carbonyl (C=O) groups is 3. The molecule has 0 unspecified atom stereocenters. The van der Waals surface area contributed by atoms with Crippen LogP contribution in [0.2, 0.25) is 0 Å². The summed E-state index contributed by atoms with van der Waals surface area (Å²) in [4.78, 5) is 37.9. The largest absolute Gasteiger partial charge is 0.452 e. The van der Waals surface area contributed by atoms with E-state index in [-0.39, 0.29) is 24.8 Å². The molecule has 25 heavy (non-hydrogen) atoms. The first-order chi connectivity index (χ1) is 11.9. The fraction of sp³-hybridized carbons (Fsp3) is 0.500. The highest BCUT2D eigenvalue weighted by Gasteiger charge is 2.37. The summed E-state index contributed by atoms with van der Waals surface area (Å²) in [6.45, 7) is 4.47. The van der Waals surface area contributed by atoms with Crippen LogP contribution in [0.5, 0.6) is 0 Å². The molecule has 1 N–H and O–H groups in total. The first kappa shape index (κ1) is 18.9. The number of benzene rings is 1. The van der Waals surface area contributed by atoms with Gasteiger partial charge in [-0.25, -0.2) is 0 Å². The molecule has 2 atom stereocenters. The highest BCUT2D eigenvalue weighted by Crippen LogP contribution is 2.26. The molecule has 1 saturated heterocycles. The molecule has 1 heterocycles. The predicted octanol–water partition coefficient (Wildman–Crippen LogP) is 1.04. The Kier molecular flexibility index (Phi) is 6.52. The van der Waals surface area contributed by atoms with Crippen LogP contribution in [0.15, 0.2) is 24.3 Å². The summed E-state index contributed by atoms with van der Waals surface area (Å²) in [5.74, 6) is -1.60. The molecule has 136 valence electrons. The van der Waals surface area contributed by atoms with E-state index >= 15 is 0 Å². The number of carbonyl (C=O) groups excluding carboxylic acids is 3. The maximum absolute atomic E-state index is 12.3. The fourth-order valence-corrected chi connectivity index (χ4v) is 2.58. The van der Waals surface area contributed by atoms with Gasteiger partial charge in [-0.3, -0.25) is 14.4 Å². The number of hydrogen-bond donors (Lipinski definition) is 1. The Morgan fingerprint density at radius 1 is 1.32 bits per heavy atom. The zero-order chi connectivity index (χ0) is 18.4. The molecule has 0 spiro atoms. The fourth-order valence-electron chi connectivity index (χ4n) is 2.58. The number of methoxy groups -OCH3 is 1. The molecule has 0 aliphatic carbocycles. The highest BCUT2D eigenvalue weighted by atomic mass is 16.5. The summed E-state index contributed by atoms with van der Waals surface area (Å²) in [6, 6.07) is 7.54. The van der Waals surface area contributed by atoms with Gasteiger partial charge in [0.25, 0.3) is 5.91 Å². The molecule has 1 aromatic carbocycles. The second-order valence-corrected chi connectivity index (χ2v) is 6.10. The lowest BCUT2D eigenvalue weighted by molar-refractivity contribution is -0.158. The molecule has 0 aromatic heterocycles. The Hall–Kier alpha value is -2.41. The standard InChI is InChI=1S/C18H24N2O5/c1-12-4-6-15(7-5-12)20-11-14(10-16(20)21)18(23)25-13(2)17(22)19-8-9-24-3/h4-7,13-14H,8-11H2,1-3H3,(H,19,22)/t13-,14-/m1/s1. The Morgan fingerprint density at radius 2 is 2.00 bits per heavy atom. The van der Waals surface area contributed by atoms with Crippen molar-refractivity contribution in [2.75, 3.05) is 31.7 Å². The van der Waals surface area contributed by atoms with Crippen molar-refractivity contribution in [2.45, 2.75) is 26.4 Å². The SMILES string of the molecule is COCCNC(=O)[C@@H](C)OC(=O)[C@@H]1CC(=O)N(c2ccc(C)cc2)C1. The van der Waals surface area contributed by atoms with Crippen molar-refractivity contribution in [2.24, 2.45) is 5.92 Å². The number of ether oxygens (including phenoxy) is 2. The smallest absolute Gasteiger partial charge is 0.312 e. The lowest BCUT2D eigenvalue weighted by Crippen LogP contribution is -2.38. The van der Waals surface area contributed by atoms with E-state index in [0.717, 1.165) is 11.3 Å². The molecule has 2 rings (SSSR count). The van der Waals surface area contributed by atoms with Gasteiger partial charge in [0.1, 0.15) is 0 Å². The molecule has 1 aliphatic heterocycles. The van der Waals surface area contributed by atoms with E-state index < -0.39 is 18.0 Å². The summed E-state index contributed by atoms with van der Waals surface area (Å²) < 4.78 is 10.0. The lowest BCUT2D eigenvalue weighted by atomic mass is 10.1. The van der Waals surface area contributed by atoms with Gasteiger partial charge in [0.2, 0.25) is 5.91 Å². The molecule has 0 saturated carbocycles. The Labute approximate surface area is 147 Å². The molecule has 1 fully saturated rings. The second kappa shape index (κ2) is 8.62. The van der Waals surface area contributed by atoms with Crippen LogP contribution in [-0.2, 0) is 23.9 Å². The van der Waals surface area contributed by atoms with Crippen molar-refractivity contribution >= 4 is 23.5 Å². The number of esters is 1. The van der Waals surface area contributed by atoms with Gasteiger partial charge in [-0.15, -0.1) is 0 Å². The molecule has 1 aromatic rings. The lowest BCUT2D eigenvalue weighted by Gasteiger charge is -2.18. The van der Waals surface area contributed by atoms with E-state index in [9.17, 15) is 14.4 Å². The zero-order valence-corrected chi connectivity index (χ0v) is 14.8. The van der Waals surface area contributed by atoms with Gasteiger partial charge < -0.3 is 19.7 Å². The van der Waals surface area contributed by atoms with Gasteiger partial charge in [-0.1, -0.05) is 17.7 Å². The summed E-state index contributed by atoms with van der Waals surface area (Å²) in [6.07, 6.45) is -0.821. The van der Waals surface area contributed by atoms with Gasteiger partial charge >= 0.3 is 5.97 Å². The number of nitrogens with zero attached hydrogens (tertiary/aromatic N) is 1. The monoisotopic (exact) mass is 348 g/mol. The van der Waals surface area contributed by atoms with Crippen LogP contribution in [0.3, 0.4) is 0 Å². The summed E-state index contributed by atoms with van der Waals surface area (Å²) in [5, 5.41) is 2.61. The second-order valence-electron chi connectivity index (χ2n) is 6.10. The normalized spacial score (nSPS) is 18.1. The van der Waals surface area contributed by atoms with Crippen molar-refractivity contribution in [3.8, 4) is 0 Å². The van der Waals surface area contributed by atoms with Gasteiger partial charge in [-0.05, 0) is 26.0 Å². The quantitative estimate of drug-likeness (QED) is 0.588. The number of nitrogens with one attached hydrogen (secondary N) is 1. The molecule has 0 bridgehead atoms. The number of anilines is 1. The van der Waals surface area contributed by atoms with E-state index in [2.05, 4.69) is 5.32 Å². The number of hydrogen-bond acceptors (Lipinski definition) is 5. The molecule has 7 nitrogen and oxygen atoms in total. The average Bonchev–Trinajstić information content (AvgIpc) is 2.97. The van der Waals surface area contributed by atoms with Crippen LogP contribution in [-0.4, -0.2) is 50.7 Å². The topological polar surface area (TPSA) is 84.9 Å². The van der Waals surface area contributed by atoms with Crippen LogP contribution >= 0.6 is 0 Å². The van der Waals surface area contributed by atoms with E-state index in [1.54, 1.807) is 4.90 Å². The van der Waals surface area contributed by atoms with Crippen LogP contribution in [0.4, 0.5) is 5.69 Å². The van der Waals surface area contributed by atoms with Crippen molar-refractivity contribution in [3.63, 3.8) is 0 Å². The van der Waals surface area contributed by atoms with Crippen LogP contribution in [0.25, 0.3) is 0 Å². The Bertz CT molecular complexity index is 629. The molecular formula is C18H24N2O5. The van der Waals surface area contributed by atoms with Gasteiger partial charge in [0, 0.05) is 32.3 Å². The van der Waals surface area contributed by atoms with Crippen molar-refractivity contribution < 1.29 is 23.9 Å². The van der Waals surface area contributed by atoms with Crippen LogP contribution < -0.4 is 10.2 Å². The number of aryl methyl sites for hydroxylation is 1. The minimum absolute atomic E-state index is 0.0880. The van der Waals surface area contributed by atoms with Crippen molar-refractivity contribution in [1.82, 2.24) is 5.32 Å². The predicted molar refractivity (Wildman–Crippen MR) is 92.1 cm³/mol.